The summed E-state index contributed by atoms with van der Waals surface area (Å²) in [5.41, 5.74) is 4.18. The minimum Gasteiger partial charge on any atom is -0.326 e. The second kappa shape index (κ2) is 3.75. The largest absolute Gasteiger partial charge is 0.326 e. The van der Waals surface area contributed by atoms with Crippen LogP contribution < -0.4 is 5.32 Å². The molecule has 1 aromatic carbocycles. The number of benzene rings is 1. The van der Waals surface area contributed by atoms with Gasteiger partial charge < -0.3 is 10.3 Å². The number of H-pyrrole nitrogens is 1. The van der Waals surface area contributed by atoms with E-state index in [2.05, 4.69) is 25.9 Å². The molecule has 0 spiro atoms. The number of rotatable bonds is 2. The normalized spacial score (nSPS) is 11.7. The minimum absolute atomic E-state index is 0.758. The highest BCUT2D eigenvalue weighted by molar-refractivity contribution is 6.32. The first-order chi connectivity index (χ1) is 8.20. The van der Waals surface area contributed by atoms with Gasteiger partial charge in [-0.1, -0.05) is 11.6 Å². The topological polar surface area (TPSA) is 45.1 Å². The summed E-state index contributed by atoms with van der Waals surface area (Å²) in [6.07, 6.45) is 2.06. The molecule has 0 radical (unpaired) electrons. The highest BCUT2D eigenvalue weighted by atomic mass is 35.5. The average molecular weight is 249 g/mol. The number of aromatic nitrogens is 3. The maximum absolute atomic E-state index is 6.09. The molecular formula is C12H13ClN4. The molecule has 0 saturated carbocycles. The fourth-order valence-electron chi connectivity index (χ4n) is 2.10. The van der Waals surface area contributed by atoms with Crippen molar-refractivity contribution < 1.29 is 0 Å². The van der Waals surface area contributed by atoms with Crippen LogP contribution in [0.5, 0.6) is 0 Å². The zero-order chi connectivity index (χ0) is 12.0. The number of fused-ring (bicyclic) bond motifs is 3. The maximum Gasteiger partial charge on any atom is 0.212 e. The van der Waals surface area contributed by atoms with Crippen LogP contribution in [0.4, 0.5) is 0 Å². The zero-order valence-corrected chi connectivity index (χ0v) is 10.5. The molecule has 88 valence electrons. The number of aryl methyl sites for hydroxylation is 1. The molecule has 3 aromatic rings. The lowest BCUT2D eigenvalue weighted by Gasteiger charge is -1.98. The van der Waals surface area contributed by atoms with Crippen LogP contribution in [-0.4, -0.2) is 21.4 Å². The van der Waals surface area contributed by atoms with Crippen molar-refractivity contribution in [3.63, 3.8) is 0 Å². The van der Waals surface area contributed by atoms with E-state index in [9.17, 15) is 0 Å². The van der Waals surface area contributed by atoms with Crippen molar-refractivity contribution in [1.29, 1.82) is 0 Å². The summed E-state index contributed by atoms with van der Waals surface area (Å²) in [5, 5.41) is 3.87. The Labute approximate surface area is 104 Å². The van der Waals surface area contributed by atoms with Gasteiger partial charge in [0.2, 0.25) is 5.78 Å². The molecule has 0 amide bonds. The van der Waals surface area contributed by atoms with Crippen LogP contribution >= 0.6 is 11.6 Å². The van der Waals surface area contributed by atoms with Crippen LogP contribution in [0, 0.1) is 6.92 Å². The third-order valence-electron chi connectivity index (χ3n) is 2.97. The van der Waals surface area contributed by atoms with Gasteiger partial charge in [0.25, 0.3) is 0 Å². The van der Waals surface area contributed by atoms with Gasteiger partial charge in [0.05, 0.1) is 11.0 Å². The van der Waals surface area contributed by atoms with Crippen LogP contribution in [0.3, 0.4) is 0 Å². The predicted octanol–water partition coefficient (Wildman–Crippen LogP) is 2.50. The molecular weight excluding hydrogens is 236 g/mol. The number of nitrogens with one attached hydrogen (secondary N) is 2. The number of hydrogen-bond acceptors (Lipinski definition) is 2. The van der Waals surface area contributed by atoms with E-state index in [0.29, 0.717) is 0 Å². The van der Waals surface area contributed by atoms with Crippen molar-refractivity contribution in [2.75, 3.05) is 7.05 Å². The summed E-state index contributed by atoms with van der Waals surface area (Å²) in [5.74, 6) is 0.857. The summed E-state index contributed by atoms with van der Waals surface area (Å²) in [6, 6.07) is 3.92. The molecule has 3 rings (SSSR count). The Morgan fingerprint density at radius 1 is 1.47 bits per heavy atom. The molecule has 2 N–H and O–H groups in total. The first-order valence-electron chi connectivity index (χ1n) is 5.50. The summed E-state index contributed by atoms with van der Waals surface area (Å²) in [7, 11) is 1.92. The molecule has 0 fully saturated rings. The van der Waals surface area contributed by atoms with E-state index in [0.717, 1.165) is 39.6 Å². The number of imidazole rings is 2. The quantitative estimate of drug-likeness (QED) is 0.732. The maximum atomic E-state index is 6.09. The average Bonchev–Trinajstić information content (AvgIpc) is 2.82. The van der Waals surface area contributed by atoms with Crippen LogP contribution in [0.2, 0.25) is 5.02 Å². The van der Waals surface area contributed by atoms with Crippen LogP contribution in [0.25, 0.3) is 16.8 Å². The van der Waals surface area contributed by atoms with Gasteiger partial charge >= 0.3 is 0 Å². The lowest BCUT2D eigenvalue weighted by Crippen LogP contribution is -2.04. The third-order valence-corrected chi connectivity index (χ3v) is 3.38. The second-order valence-corrected chi connectivity index (χ2v) is 4.56. The van der Waals surface area contributed by atoms with E-state index in [-0.39, 0.29) is 0 Å². The number of aromatic amines is 1. The molecule has 17 heavy (non-hydrogen) atoms. The standard InChI is InChI=1S/C12H13ClN4/c1-7-9(13)3-4-10-11(7)16-12-15-8(5-14-2)6-17(10)12/h3-4,6,14H,5H2,1-2H3,(H,15,16). The SMILES string of the molecule is CNCc1cn2c(nc3c(C)c(Cl)ccc32)[nH]1. The van der Waals surface area contributed by atoms with Gasteiger partial charge in [0.1, 0.15) is 0 Å². The van der Waals surface area contributed by atoms with E-state index in [1.165, 1.54) is 0 Å². The molecule has 4 nitrogen and oxygen atoms in total. The Hall–Kier alpha value is -1.52. The fraction of sp³-hybridized carbons (Fsp3) is 0.250. The number of nitrogens with zero attached hydrogens (tertiary/aromatic N) is 2. The van der Waals surface area contributed by atoms with Crippen molar-refractivity contribution in [1.82, 2.24) is 19.7 Å². The van der Waals surface area contributed by atoms with Crippen LogP contribution in [-0.2, 0) is 6.54 Å². The van der Waals surface area contributed by atoms with Gasteiger partial charge in [-0.2, -0.15) is 0 Å². The molecule has 2 heterocycles. The van der Waals surface area contributed by atoms with Crippen LogP contribution in [0.15, 0.2) is 18.3 Å². The molecule has 0 saturated heterocycles. The van der Waals surface area contributed by atoms with E-state index in [1.54, 1.807) is 0 Å². The second-order valence-electron chi connectivity index (χ2n) is 4.16. The summed E-state index contributed by atoms with van der Waals surface area (Å²) in [4.78, 5) is 7.85. The molecule has 0 aliphatic rings. The highest BCUT2D eigenvalue weighted by Gasteiger charge is 2.11. The number of halogens is 1. The highest BCUT2D eigenvalue weighted by Crippen LogP contribution is 2.25. The molecule has 0 bridgehead atoms. The van der Waals surface area contributed by atoms with Gasteiger partial charge in [-0.05, 0) is 31.7 Å². The van der Waals surface area contributed by atoms with Crippen LogP contribution in [0.1, 0.15) is 11.3 Å². The Morgan fingerprint density at radius 3 is 3.06 bits per heavy atom. The molecule has 0 unspecified atom stereocenters. The Morgan fingerprint density at radius 2 is 2.29 bits per heavy atom. The molecule has 5 heteroatoms. The third kappa shape index (κ3) is 1.52. The van der Waals surface area contributed by atoms with Crippen molar-refractivity contribution in [2.24, 2.45) is 0 Å². The summed E-state index contributed by atoms with van der Waals surface area (Å²) in [6.45, 7) is 2.79. The Kier molecular flexibility index (Phi) is 2.34. The van der Waals surface area contributed by atoms with Crippen molar-refractivity contribution in [3.05, 3.63) is 34.6 Å². The monoisotopic (exact) mass is 248 g/mol. The minimum atomic E-state index is 0.758. The van der Waals surface area contributed by atoms with Gasteiger partial charge in [-0.25, -0.2) is 4.98 Å². The summed E-state index contributed by atoms with van der Waals surface area (Å²) >= 11 is 6.09. The van der Waals surface area contributed by atoms with E-state index < -0.39 is 0 Å². The molecule has 0 atom stereocenters. The molecule has 0 aliphatic carbocycles. The van der Waals surface area contributed by atoms with Crippen molar-refractivity contribution >= 4 is 28.4 Å². The fourth-order valence-corrected chi connectivity index (χ4v) is 2.25. The van der Waals surface area contributed by atoms with Crippen molar-refractivity contribution in [3.8, 4) is 0 Å². The van der Waals surface area contributed by atoms with Gasteiger partial charge in [-0.15, -0.1) is 0 Å². The van der Waals surface area contributed by atoms with E-state index in [4.69, 9.17) is 11.6 Å². The van der Waals surface area contributed by atoms with E-state index >= 15 is 0 Å². The lowest BCUT2D eigenvalue weighted by atomic mass is 10.2. The first-order valence-corrected chi connectivity index (χ1v) is 5.88. The van der Waals surface area contributed by atoms with E-state index in [1.807, 2.05) is 26.1 Å². The zero-order valence-electron chi connectivity index (χ0n) is 9.71. The lowest BCUT2D eigenvalue weighted by molar-refractivity contribution is 0.797. The first kappa shape index (κ1) is 10.6. The Bertz CT molecular complexity index is 695. The number of hydrogen-bond donors (Lipinski definition) is 2. The molecule has 2 aromatic heterocycles. The van der Waals surface area contributed by atoms with Gasteiger partial charge in [-0.3, -0.25) is 4.40 Å². The molecule has 0 aliphatic heterocycles. The Balaban J connectivity index is 2.30. The van der Waals surface area contributed by atoms with Crippen molar-refractivity contribution in [2.45, 2.75) is 13.5 Å². The smallest absolute Gasteiger partial charge is 0.212 e. The van der Waals surface area contributed by atoms with Gasteiger partial charge in [0, 0.05) is 23.5 Å². The summed E-state index contributed by atoms with van der Waals surface area (Å²) < 4.78 is 2.06. The van der Waals surface area contributed by atoms with Gasteiger partial charge in [0.15, 0.2) is 0 Å². The predicted molar refractivity (Wildman–Crippen MR) is 69.6 cm³/mol.